The maximum atomic E-state index is 13.4. The first kappa shape index (κ1) is 10.7. The summed E-state index contributed by atoms with van der Waals surface area (Å²) in [5.41, 5.74) is 6.70. The maximum Gasteiger partial charge on any atom is 0.129 e. The largest absolute Gasteiger partial charge is 0.467 e. The highest BCUT2D eigenvalue weighted by Crippen LogP contribution is 2.19. The zero-order valence-corrected chi connectivity index (χ0v) is 8.74. The second-order valence-electron chi connectivity index (χ2n) is 3.40. The van der Waals surface area contributed by atoms with Crippen molar-refractivity contribution in [2.45, 2.75) is 13.1 Å². The van der Waals surface area contributed by atoms with Gasteiger partial charge in [-0.3, -0.25) is 0 Å². The van der Waals surface area contributed by atoms with Crippen LogP contribution < -0.4 is 11.1 Å². The van der Waals surface area contributed by atoms with Crippen molar-refractivity contribution in [1.82, 2.24) is 0 Å². The van der Waals surface area contributed by atoms with Crippen LogP contribution in [0.3, 0.4) is 0 Å². The molecule has 0 bridgehead atoms. The van der Waals surface area contributed by atoms with Gasteiger partial charge in [-0.1, -0.05) is 6.07 Å². The minimum Gasteiger partial charge on any atom is -0.467 e. The van der Waals surface area contributed by atoms with Crippen LogP contribution >= 0.6 is 0 Å². The molecule has 84 valence electrons. The molecule has 0 aliphatic rings. The molecule has 3 nitrogen and oxygen atoms in total. The molecule has 2 aromatic rings. The van der Waals surface area contributed by atoms with Crippen LogP contribution in [0.4, 0.5) is 10.1 Å². The molecule has 0 aliphatic heterocycles. The van der Waals surface area contributed by atoms with Crippen LogP contribution in [0.15, 0.2) is 41.0 Å². The van der Waals surface area contributed by atoms with Gasteiger partial charge in [-0.2, -0.15) is 0 Å². The van der Waals surface area contributed by atoms with Crippen molar-refractivity contribution in [2.75, 3.05) is 5.32 Å². The lowest BCUT2D eigenvalue weighted by Crippen LogP contribution is -2.07. The van der Waals surface area contributed by atoms with E-state index in [0.717, 1.165) is 5.76 Å². The average Bonchev–Trinajstić information content (AvgIpc) is 2.79. The van der Waals surface area contributed by atoms with E-state index in [1.54, 1.807) is 18.4 Å². The van der Waals surface area contributed by atoms with Crippen molar-refractivity contribution in [2.24, 2.45) is 5.73 Å². The standard InChI is InChI=1S/C12H13FN2O/c13-11-4-1-5-12(10(11)7-14)15-8-9-3-2-6-16-9/h1-6,15H,7-8,14H2. The van der Waals surface area contributed by atoms with Gasteiger partial charge >= 0.3 is 0 Å². The van der Waals surface area contributed by atoms with E-state index in [2.05, 4.69) is 5.32 Å². The second kappa shape index (κ2) is 4.81. The van der Waals surface area contributed by atoms with Crippen LogP contribution in [0.1, 0.15) is 11.3 Å². The molecule has 1 aromatic carbocycles. The number of rotatable bonds is 4. The summed E-state index contributed by atoms with van der Waals surface area (Å²) in [5, 5.41) is 3.09. The van der Waals surface area contributed by atoms with Crippen molar-refractivity contribution < 1.29 is 8.81 Å². The Balaban J connectivity index is 2.12. The summed E-state index contributed by atoms with van der Waals surface area (Å²) in [6.45, 7) is 0.691. The lowest BCUT2D eigenvalue weighted by atomic mass is 10.1. The molecule has 0 aliphatic carbocycles. The summed E-state index contributed by atoms with van der Waals surface area (Å²) in [5.74, 6) is 0.513. The summed E-state index contributed by atoms with van der Waals surface area (Å²) < 4.78 is 18.5. The zero-order valence-electron chi connectivity index (χ0n) is 8.74. The molecule has 2 rings (SSSR count). The Kier molecular flexibility index (Phi) is 3.22. The Morgan fingerprint density at radius 2 is 2.12 bits per heavy atom. The number of halogens is 1. The fourth-order valence-electron chi connectivity index (χ4n) is 1.53. The van der Waals surface area contributed by atoms with Gasteiger partial charge in [-0.15, -0.1) is 0 Å². The van der Waals surface area contributed by atoms with Crippen molar-refractivity contribution in [3.8, 4) is 0 Å². The number of hydrogen-bond acceptors (Lipinski definition) is 3. The minimum absolute atomic E-state index is 0.174. The molecule has 1 aromatic heterocycles. The molecular weight excluding hydrogens is 207 g/mol. The SMILES string of the molecule is NCc1c(F)cccc1NCc1ccco1. The molecular formula is C12H13FN2O. The summed E-state index contributed by atoms with van der Waals surface area (Å²) >= 11 is 0. The van der Waals surface area contributed by atoms with Gasteiger partial charge in [-0.05, 0) is 24.3 Å². The Morgan fingerprint density at radius 3 is 2.81 bits per heavy atom. The van der Waals surface area contributed by atoms with Crippen LogP contribution in [0.2, 0.25) is 0 Å². The van der Waals surface area contributed by atoms with Crippen molar-refractivity contribution in [3.05, 3.63) is 53.7 Å². The Hall–Kier alpha value is -1.81. The fraction of sp³-hybridized carbons (Fsp3) is 0.167. The van der Waals surface area contributed by atoms with Gasteiger partial charge in [0.05, 0.1) is 12.8 Å². The Morgan fingerprint density at radius 1 is 1.25 bits per heavy atom. The lowest BCUT2D eigenvalue weighted by molar-refractivity contribution is 0.518. The van der Waals surface area contributed by atoms with Crippen LogP contribution in [0, 0.1) is 5.82 Å². The van der Waals surface area contributed by atoms with Crippen molar-refractivity contribution >= 4 is 5.69 Å². The highest BCUT2D eigenvalue weighted by molar-refractivity contribution is 5.51. The lowest BCUT2D eigenvalue weighted by Gasteiger charge is -2.10. The molecule has 0 saturated carbocycles. The first-order valence-corrected chi connectivity index (χ1v) is 5.05. The highest BCUT2D eigenvalue weighted by atomic mass is 19.1. The van der Waals surface area contributed by atoms with E-state index in [-0.39, 0.29) is 12.4 Å². The smallest absolute Gasteiger partial charge is 0.129 e. The third-order valence-corrected chi connectivity index (χ3v) is 2.36. The van der Waals surface area contributed by atoms with Crippen LogP contribution in [0.25, 0.3) is 0 Å². The number of furan rings is 1. The molecule has 1 heterocycles. The van der Waals surface area contributed by atoms with Crippen molar-refractivity contribution in [1.29, 1.82) is 0 Å². The van der Waals surface area contributed by atoms with Gasteiger partial charge < -0.3 is 15.5 Å². The van der Waals surface area contributed by atoms with E-state index < -0.39 is 0 Å². The minimum atomic E-state index is -0.285. The second-order valence-corrected chi connectivity index (χ2v) is 3.40. The fourth-order valence-corrected chi connectivity index (χ4v) is 1.53. The monoisotopic (exact) mass is 220 g/mol. The Labute approximate surface area is 93.1 Å². The predicted octanol–water partition coefficient (Wildman–Crippen LogP) is 2.49. The molecule has 3 N–H and O–H groups in total. The van der Waals surface area contributed by atoms with Gasteiger partial charge in [0, 0.05) is 17.8 Å². The van der Waals surface area contributed by atoms with Crippen LogP contribution in [-0.4, -0.2) is 0 Å². The molecule has 4 heteroatoms. The number of benzene rings is 1. The summed E-state index contributed by atoms with van der Waals surface area (Å²) in [6.07, 6.45) is 1.60. The number of nitrogens with one attached hydrogen (secondary N) is 1. The normalized spacial score (nSPS) is 10.4. The summed E-state index contributed by atoms with van der Waals surface area (Å²) in [7, 11) is 0. The first-order chi connectivity index (χ1) is 7.81. The topological polar surface area (TPSA) is 51.2 Å². The van der Waals surface area contributed by atoms with Crippen LogP contribution in [0.5, 0.6) is 0 Å². The molecule has 16 heavy (non-hydrogen) atoms. The van der Waals surface area contributed by atoms with E-state index in [4.69, 9.17) is 10.2 Å². The third-order valence-electron chi connectivity index (χ3n) is 2.36. The van der Waals surface area contributed by atoms with E-state index >= 15 is 0 Å². The molecule has 0 unspecified atom stereocenters. The van der Waals surface area contributed by atoms with E-state index in [0.29, 0.717) is 17.8 Å². The summed E-state index contributed by atoms with van der Waals surface area (Å²) in [4.78, 5) is 0. The van der Waals surface area contributed by atoms with E-state index in [1.165, 1.54) is 6.07 Å². The van der Waals surface area contributed by atoms with Gasteiger partial charge in [0.1, 0.15) is 11.6 Å². The number of anilines is 1. The third kappa shape index (κ3) is 2.23. The zero-order chi connectivity index (χ0) is 11.4. The van der Waals surface area contributed by atoms with E-state index in [9.17, 15) is 4.39 Å². The highest BCUT2D eigenvalue weighted by Gasteiger charge is 2.06. The van der Waals surface area contributed by atoms with Gasteiger partial charge in [-0.25, -0.2) is 4.39 Å². The molecule has 0 spiro atoms. The molecule has 0 fully saturated rings. The van der Waals surface area contributed by atoms with E-state index in [1.807, 2.05) is 12.1 Å². The average molecular weight is 220 g/mol. The van der Waals surface area contributed by atoms with Crippen molar-refractivity contribution in [3.63, 3.8) is 0 Å². The predicted molar refractivity (Wildman–Crippen MR) is 60.3 cm³/mol. The molecule has 0 saturated heterocycles. The van der Waals surface area contributed by atoms with Gasteiger partial charge in [0.25, 0.3) is 0 Å². The first-order valence-electron chi connectivity index (χ1n) is 5.05. The molecule has 0 radical (unpaired) electrons. The van der Waals surface area contributed by atoms with Crippen LogP contribution in [-0.2, 0) is 13.1 Å². The summed E-state index contributed by atoms with van der Waals surface area (Å²) in [6, 6.07) is 8.52. The van der Waals surface area contributed by atoms with Gasteiger partial charge in [0.15, 0.2) is 0 Å². The number of nitrogens with two attached hydrogens (primary N) is 1. The molecule has 0 atom stereocenters. The number of hydrogen-bond donors (Lipinski definition) is 2. The molecule has 0 amide bonds. The quantitative estimate of drug-likeness (QED) is 0.832. The Bertz CT molecular complexity index is 454. The maximum absolute atomic E-state index is 13.4. The van der Waals surface area contributed by atoms with Gasteiger partial charge in [0.2, 0.25) is 0 Å².